The molecule has 0 saturated carbocycles. The Morgan fingerprint density at radius 2 is 1.94 bits per heavy atom. The molecule has 32 heavy (non-hydrogen) atoms. The van der Waals surface area contributed by atoms with E-state index in [1.165, 1.54) is 0 Å². The zero-order valence-electron chi connectivity index (χ0n) is 18.6. The first-order valence-electron chi connectivity index (χ1n) is 10.5. The van der Waals surface area contributed by atoms with Crippen LogP contribution in [0.2, 0.25) is 0 Å². The van der Waals surface area contributed by atoms with Crippen molar-refractivity contribution < 1.29 is 13.2 Å². The van der Waals surface area contributed by atoms with E-state index in [1.54, 1.807) is 46.1 Å². The molecule has 1 aromatic carbocycles. The summed E-state index contributed by atoms with van der Waals surface area (Å²) in [5.41, 5.74) is 0.773. The van der Waals surface area contributed by atoms with E-state index in [-0.39, 0.29) is 48.2 Å². The van der Waals surface area contributed by atoms with Gasteiger partial charge in [0.25, 0.3) is 0 Å². The van der Waals surface area contributed by atoms with Crippen LogP contribution in [0.3, 0.4) is 0 Å². The van der Waals surface area contributed by atoms with Crippen molar-refractivity contribution in [1.82, 2.24) is 20.0 Å². The standard InChI is InChI=1S/C21H30N6O3S.HI/c1-4-17(16-31(29,30)19-9-7-6-8-10-19)24-21(22-5-2)26-11-12-27(20(28)15-26)18-13-23-25(3)14-18;/h6-10,13-14,17H,4-5,11-12,15-16H2,1-3H3,(H,22,24);1H. The lowest BCUT2D eigenvalue weighted by Gasteiger charge is -2.36. The summed E-state index contributed by atoms with van der Waals surface area (Å²) >= 11 is 0. The highest BCUT2D eigenvalue weighted by atomic mass is 127. The Balaban J connectivity index is 0.00000363. The molecular formula is C21H31IN6O3S. The van der Waals surface area contributed by atoms with Gasteiger partial charge in [-0.05, 0) is 25.5 Å². The average Bonchev–Trinajstić information content (AvgIpc) is 3.19. The molecular weight excluding hydrogens is 543 g/mol. The van der Waals surface area contributed by atoms with Crippen molar-refractivity contribution in [1.29, 1.82) is 0 Å². The second-order valence-electron chi connectivity index (χ2n) is 7.48. The van der Waals surface area contributed by atoms with Crippen LogP contribution in [0, 0.1) is 0 Å². The monoisotopic (exact) mass is 574 g/mol. The number of benzene rings is 1. The maximum absolute atomic E-state index is 12.8. The van der Waals surface area contributed by atoms with E-state index in [2.05, 4.69) is 15.4 Å². The Morgan fingerprint density at radius 1 is 1.22 bits per heavy atom. The molecule has 1 fully saturated rings. The number of guanidine groups is 1. The molecule has 1 aliphatic heterocycles. The SMILES string of the molecule is CCN=C(NC(CC)CS(=O)(=O)c1ccccc1)N1CCN(c2cnn(C)c2)C(=O)C1.I. The van der Waals surface area contributed by atoms with E-state index in [1.807, 2.05) is 32.0 Å². The Hall–Kier alpha value is -2.15. The first-order valence-corrected chi connectivity index (χ1v) is 12.1. The van der Waals surface area contributed by atoms with E-state index in [4.69, 9.17) is 0 Å². The van der Waals surface area contributed by atoms with Gasteiger partial charge in [0.05, 0.1) is 22.5 Å². The molecule has 1 aromatic heterocycles. The lowest BCUT2D eigenvalue weighted by atomic mass is 10.2. The Kier molecular flexibility index (Phi) is 9.49. The largest absolute Gasteiger partial charge is 0.352 e. The van der Waals surface area contributed by atoms with Crippen molar-refractivity contribution in [3.63, 3.8) is 0 Å². The van der Waals surface area contributed by atoms with Crippen molar-refractivity contribution in [2.45, 2.75) is 31.2 Å². The second kappa shape index (κ2) is 11.6. The molecule has 2 heterocycles. The van der Waals surface area contributed by atoms with Gasteiger partial charge >= 0.3 is 0 Å². The molecule has 11 heteroatoms. The summed E-state index contributed by atoms with van der Waals surface area (Å²) in [6.07, 6.45) is 4.10. The molecule has 1 amide bonds. The molecule has 0 radical (unpaired) electrons. The fourth-order valence-electron chi connectivity index (χ4n) is 3.49. The number of anilines is 1. The van der Waals surface area contributed by atoms with Crippen LogP contribution in [0.4, 0.5) is 5.69 Å². The highest BCUT2D eigenvalue weighted by molar-refractivity contribution is 14.0. The number of hydrogen-bond acceptors (Lipinski definition) is 5. The van der Waals surface area contributed by atoms with Gasteiger partial charge in [0.15, 0.2) is 15.8 Å². The number of piperazine rings is 1. The van der Waals surface area contributed by atoms with Gasteiger partial charge in [-0.25, -0.2) is 8.42 Å². The summed E-state index contributed by atoms with van der Waals surface area (Å²) in [7, 11) is -1.62. The van der Waals surface area contributed by atoms with Crippen molar-refractivity contribution in [2.75, 3.05) is 36.8 Å². The van der Waals surface area contributed by atoms with E-state index in [0.717, 1.165) is 5.69 Å². The van der Waals surface area contributed by atoms with E-state index in [9.17, 15) is 13.2 Å². The summed E-state index contributed by atoms with van der Waals surface area (Å²) in [6.45, 7) is 5.65. The Morgan fingerprint density at radius 3 is 2.50 bits per heavy atom. The summed E-state index contributed by atoms with van der Waals surface area (Å²) in [4.78, 5) is 21.2. The van der Waals surface area contributed by atoms with Gasteiger partial charge in [0, 0.05) is 38.9 Å². The topological polar surface area (TPSA) is 99.9 Å². The predicted molar refractivity (Wildman–Crippen MR) is 136 cm³/mol. The number of aryl methyl sites for hydroxylation is 1. The zero-order chi connectivity index (χ0) is 22.4. The van der Waals surface area contributed by atoms with E-state index in [0.29, 0.717) is 36.9 Å². The minimum atomic E-state index is -3.44. The van der Waals surface area contributed by atoms with Gasteiger partial charge in [0.1, 0.15) is 6.54 Å². The van der Waals surface area contributed by atoms with Crippen molar-refractivity contribution in [3.05, 3.63) is 42.7 Å². The predicted octanol–water partition coefficient (Wildman–Crippen LogP) is 1.90. The minimum absolute atomic E-state index is 0. The van der Waals surface area contributed by atoms with Crippen LogP contribution in [0.25, 0.3) is 0 Å². The maximum atomic E-state index is 12.8. The molecule has 1 unspecified atom stereocenters. The number of halogens is 1. The maximum Gasteiger partial charge on any atom is 0.246 e. The number of amides is 1. The third-order valence-corrected chi connectivity index (χ3v) is 7.01. The summed E-state index contributed by atoms with van der Waals surface area (Å²) in [5, 5.41) is 7.42. The molecule has 0 bridgehead atoms. The number of nitrogens with one attached hydrogen (secondary N) is 1. The summed E-state index contributed by atoms with van der Waals surface area (Å²) in [6, 6.07) is 8.14. The summed E-state index contributed by atoms with van der Waals surface area (Å²) in [5.74, 6) is 0.478. The Labute approximate surface area is 206 Å². The lowest BCUT2D eigenvalue weighted by Crippen LogP contribution is -2.57. The molecule has 176 valence electrons. The molecule has 1 atom stereocenters. The number of carbonyl (C=O) groups excluding carboxylic acids is 1. The molecule has 0 spiro atoms. The van der Waals surface area contributed by atoms with Crippen LogP contribution in [-0.4, -0.2) is 72.9 Å². The molecule has 2 aromatic rings. The fraction of sp³-hybridized carbons (Fsp3) is 0.476. The van der Waals surface area contributed by atoms with Gasteiger partial charge < -0.3 is 15.1 Å². The number of carbonyl (C=O) groups is 1. The fourth-order valence-corrected chi connectivity index (χ4v) is 5.11. The molecule has 1 N–H and O–H groups in total. The van der Waals surface area contributed by atoms with Crippen molar-refractivity contribution >= 4 is 51.4 Å². The van der Waals surface area contributed by atoms with Crippen LogP contribution in [-0.2, 0) is 21.7 Å². The highest BCUT2D eigenvalue weighted by Crippen LogP contribution is 2.17. The van der Waals surface area contributed by atoms with Crippen molar-refractivity contribution in [3.8, 4) is 0 Å². The molecule has 3 rings (SSSR count). The van der Waals surface area contributed by atoms with E-state index < -0.39 is 9.84 Å². The normalized spacial score (nSPS) is 16.0. The molecule has 9 nitrogen and oxygen atoms in total. The number of aromatic nitrogens is 2. The lowest BCUT2D eigenvalue weighted by molar-refractivity contribution is -0.120. The van der Waals surface area contributed by atoms with Gasteiger partial charge in [0.2, 0.25) is 5.91 Å². The minimum Gasteiger partial charge on any atom is -0.352 e. The first kappa shape index (κ1) is 26.1. The number of nitrogens with zero attached hydrogens (tertiary/aromatic N) is 5. The number of hydrogen-bond donors (Lipinski definition) is 1. The third-order valence-electron chi connectivity index (χ3n) is 5.18. The van der Waals surface area contributed by atoms with Gasteiger partial charge in [-0.1, -0.05) is 25.1 Å². The number of sulfone groups is 1. The number of aliphatic imine (C=N–C) groups is 1. The molecule has 1 aliphatic rings. The van der Waals surface area contributed by atoms with Gasteiger partial charge in [-0.3, -0.25) is 14.5 Å². The number of rotatable bonds is 7. The first-order chi connectivity index (χ1) is 14.8. The van der Waals surface area contributed by atoms with Crippen LogP contribution >= 0.6 is 24.0 Å². The molecule has 0 aliphatic carbocycles. The van der Waals surface area contributed by atoms with Crippen LogP contribution in [0.1, 0.15) is 20.3 Å². The Bertz CT molecular complexity index is 1030. The highest BCUT2D eigenvalue weighted by Gasteiger charge is 2.29. The van der Waals surface area contributed by atoms with Crippen LogP contribution in [0.15, 0.2) is 52.6 Å². The van der Waals surface area contributed by atoms with Crippen LogP contribution < -0.4 is 10.2 Å². The third kappa shape index (κ3) is 6.44. The average molecular weight is 574 g/mol. The van der Waals surface area contributed by atoms with Crippen molar-refractivity contribution in [2.24, 2.45) is 12.0 Å². The zero-order valence-corrected chi connectivity index (χ0v) is 21.8. The molecule has 1 saturated heterocycles. The quantitative estimate of drug-likeness (QED) is 0.308. The van der Waals surface area contributed by atoms with E-state index >= 15 is 0 Å². The second-order valence-corrected chi connectivity index (χ2v) is 9.52. The van der Waals surface area contributed by atoms with Crippen LogP contribution in [0.5, 0.6) is 0 Å². The summed E-state index contributed by atoms with van der Waals surface area (Å²) < 4.78 is 27.3. The smallest absolute Gasteiger partial charge is 0.246 e. The van der Waals surface area contributed by atoms with Gasteiger partial charge in [-0.2, -0.15) is 5.10 Å². The van der Waals surface area contributed by atoms with Gasteiger partial charge in [-0.15, -0.1) is 24.0 Å².